The molecule has 6 heteroatoms. The number of nitrogens with zero attached hydrogens (tertiary/aromatic N) is 3. The topological polar surface area (TPSA) is 64.4 Å². The van der Waals surface area contributed by atoms with Crippen molar-refractivity contribution in [3.05, 3.63) is 65.7 Å². The van der Waals surface area contributed by atoms with Gasteiger partial charge in [0.2, 0.25) is 10.0 Å². The summed E-state index contributed by atoms with van der Waals surface area (Å²) in [5.74, 6) is 0. The molecule has 0 aromatic heterocycles. The molecule has 0 unspecified atom stereocenters. The minimum absolute atomic E-state index is 0.221. The molecule has 0 aliphatic heterocycles. The maximum absolute atomic E-state index is 13.0. The summed E-state index contributed by atoms with van der Waals surface area (Å²) in [6.07, 6.45) is 0.657. The van der Waals surface area contributed by atoms with Crippen molar-refractivity contribution < 1.29 is 8.42 Å². The summed E-state index contributed by atoms with van der Waals surface area (Å²) < 4.78 is 27.5. The predicted octanol–water partition coefficient (Wildman–Crippen LogP) is 2.35. The quantitative estimate of drug-likeness (QED) is 0.727. The summed E-state index contributed by atoms with van der Waals surface area (Å²) in [4.78, 5) is 2.18. The summed E-state index contributed by atoms with van der Waals surface area (Å²) in [6, 6.07) is 17.9. The molecule has 0 bridgehead atoms. The van der Waals surface area contributed by atoms with Crippen LogP contribution in [0, 0.1) is 11.3 Å². The van der Waals surface area contributed by atoms with Gasteiger partial charge in [0.1, 0.15) is 0 Å². The van der Waals surface area contributed by atoms with Gasteiger partial charge < -0.3 is 4.90 Å². The molecule has 5 nitrogen and oxygen atoms in total. The first-order valence-corrected chi connectivity index (χ1v) is 9.56. The lowest BCUT2D eigenvalue weighted by Gasteiger charge is -2.24. The van der Waals surface area contributed by atoms with Crippen LogP contribution in [0.4, 0.5) is 0 Å². The van der Waals surface area contributed by atoms with Gasteiger partial charge in [-0.15, -0.1) is 0 Å². The second-order valence-corrected chi connectivity index (χ2v) is 8.02. The number of likely N-dealkylation sites (N-methyl/N-ethyl adjacent to an activating group) is 1. The molecule has 0 aliphatic rings. The molecule has 0 saturated heterocycles. The molecular formula is C19H23N3O2S. The van der Waals surface area contributed by atoms with E-state index in [0.717, 1.165) is 5.56 Å². The zero-order valence-electron chi connectivity index (χ0n) is 14.6. The second kappa shape index (κ2) is 8.77. The van der Waals surface area contributed by atoms with Gasteiger partial charge in [-0.05, 0) is 50.3 Å². The fourth-order valence-corrected chi connectivity index (χ4v) is 3.84. The molecule has 0 saturated carbocycles. The van der Waals surface area contributed by atoms with E-state index in [2.05, 4.69) is 0 Å². The minimum Gasteiger partial charge on any atom is -0.308 e. The number of hydrogen-bond acceptors (Lipinski definition) is 4. The lowest BCUT2D eigenvalue weighted by Crippen LogP contribution is -2.38. The van der Waals surface area contributed by atoms with Gasteiger partial charge in [-0.3, -0.25) is 0 Å². The van der Waals surface area contributed by atoms with Crippen molar-refractivity contribution in [1.82, 2.24) is 9.21 Å². The first-order chi connectivity index (χ1) is 11.9. The molecule has 0 radical (unpaired) electrons. The highest BCUT2D eigenvalue weighted by molar-refractivity contribution is 7.89. The van der Waals surface area contributed by atoms with Crippen molar-refractivity contribution in [1.29, 1.82) is 5.26 Å². The van der Waals surface area contributed by atoms with Crippen LogP contribution in [-0.4, -0.2) is 51.4 Å². The van der Waals surface area contributed by atoms with E-state index in [9.17, 15) is 8.42 Å². The third-order valence-corrected chi connectivity index (χ3v) is 5.82. The van der Waals surface area contributed by atoms with Gasteiger partial charge in [0.25, 0.3) is 0 Å². The largest absolute Gasteiger partial charge is 0.308 e. The third kappa shape index (κ3) is 5.40. The van der Waals surface area contributed by atoms with Gasteiger partial charge >= 0.3 is 0 Å². The highest BCUT2D eigenvalue weighted by Gasteiger charge is 2.24. The standard InChI is InChI=1S/C19H23N3O2S/c1-21(2)14-15-22(13-12-17-6-4-3-5-7-17)25(23,24)19-10-8-18(16-20)9-11-19/h3-11H,12-15H2,1-2H3. The normalized spacial score (nSPS) is 11.6. The minimum atomic E-state index is -3.59. The summed E-state index contributed by atoms with van der Waals surface area (Å²) >= 11 is 0. The second-order valence-electron chi connectivity index (χ2n) is 6.08. The molecule has 0 heterocycles. The van der Waals surface area contributed by atoms with Crippen LogP contribution in [-0.2, 0) is 16.4 Å². The van der Waals surface area contributed by atoms with Crippen molar-refractivity contribution in [2.45, 2.75) is 11.3 Å². The number of rotatable bonds is 8. The lowest BCUT2D eigenvalue weighted by molar-refractivity contribution is 0.334. The highest BCUT2D eigenvalue weighted by Crippen LogP contribution is 2.17. The van der Waals surface area contributed by atoms with Crippen molar-refractivity contribution in [3.8, 4) is 6.07 Å². The fourth-order valence-electron chi connectivity index (χ4n) is 2.41. The highest BCUT2D eigenvalue weighted by atomic mass is 32.2. The zero-order chi connectivity index (χ0) is 18.3. The van der Waals surface area contributed by atoms with E-state index in [-0.39, 0.29) is 4.90 Å². The average molecular weight is 357 g/mol. The number of sulfonamides is 1. The Bertz CT molecular complexity index is 810. The van der Waals surface area contributed by atoms with Crippen molar-refractivity contribution in [2.75, 3.05) is 33.7 Å². The average Bonchev–Trinajstić information content (AvgIpc) is 2.62. The van der Waals surface area contributed by atoms with E-state index in [4.69, 9.17) is 5.26 Å². The first kappa shape index (κ1) is 19.1. The Morgan fingerprint density at radius 1 is 0.920 bits per heavy atom. The van der Waals surface area contributed by atoms with Gasteiger partial charge in [0, 0.05) is 19.6 Å². The van der Waals surface area contributed by atoms with Gasteiger partial charge in [-0.1, -0.05) is 30.3 Å². The Morgan fingerprint density at radius 3 is 2.12 bits per heavy atom. The van der Waals surface area contributed by atoms with E-state index in [1.807, 2.05) is 55.4 Å². The van der Waals surface area contributed by atoms with Crippen LogP contribution < -0.4 is 0 Å². The van der Waals surface area contributed by atoms with Crippen LogP contribution in [0.1, 0.15) is 11.1 Å². The molecule has 0 N–H and O–H groups in total. The molecule has 25 heavy (non-hydrogen) atoms. The Labute approximate surface area is 150 Å². The number of hydrogen-bond donors (Lipinski definition) is 0. The molecule has 0 fully saturated rings. The molecule has 2 aromatic carbocycles. The van der Waals surface area contributed by atoms with E-state index in [0.29, 0.717) is 31.6 Å². The molecule has 132 valence electrons. The fraction of sp³-hybridized carbons (Fsp3) is 0.316. The van der Waals surface area contributed by atoms with Crippen LogP contribution in [0.15, 0.2) is 59.5 Å². The summed E-state index contributed by atoms with van der Waals surface area (Å²) in [5.41, 5.74) is 1.55. The summed E-state index contributed by atoms with van der Waals surface area (Å²) in [7, 11) is 0.246. The SMILES string of the molecule is CN(C)CCN(CCc1ccccc1)S(=O)(=O)c1ccc(C#N)cc1. The molecule has 0 atom stereocenters. The van der Waals surface area contributed by atoms with Crippen LogP contribution >= 0.6 is 0 Å². The van der Waals surface area contributed by atoms with Crippen LogP contribution in [0.25, 0.3) is 0 Å². The number of benzene rings is 2. The van der Waals surface area contributed by atoms with Gasteiger partial charge in [0.05, 0.1) is 16.5 Å². The van der Waals surface area contributed by atoms with Crippen molar-refractivity contribution in [3.63, 3.8) is 0 Å². The number of nitriles is 1. The molecule has 0 amide bonds. The first-order valence-electron chi connectivity index (χ1n) is 8.12. The van der Waals surface area contributed by atoms with E-state index in [1.165, 1.54) is 28.6 Å². The van der Waals surface area contributed by atoms with Crippen LogP contribution in [0.2, 0.25) is 0 Å². The van der Waals surface area contributed by atoms with E-state index < -0.39 is 10.0 Å². The van der Waals surface area contributed by atoms with E-state index >= 15 is 0 Å². The van der Waals surface area contributed by atoms with Crippen molar-refractivity contribution >= 4 is 10.0 Å². The smallest absolute Gasteiger partial charge is 0.243 e. The monoisotopic (exact) mass is 357 g/mol. The van der Waals surface area contributed by atoms with Gasteiger partial charge in [-0.2, -0.15) is 9.57 Å². The molecule has 2 aromatic rings. The Kier molecular flexibility index (Phi) is 6.71. The summed E-state index contributed by atoms with van der Waals surface area (Å²) in [5, 5.41) is 8.88. The third-order valence-electron chi connectivity index (χ3n) is 3.91. The molecule has 0 spiro atoms. The Hall–Kier alpha value is -2.20. The Morgan fingerprint density at radius 2 is 1.56 bits per heavy atom. The molecule has 0 aliphatic carbocycles. The van der Waals surface area contributed by atoms with Crippen molar-refractivity contribution in [2.24, 2.45) is 0 Å². The van der Waals surface area contributed by atoms with Gasteiger partial charge in [-0.25, -0.2) is 8.42 Å². The lowest BCUT2D eigenvalue weighted by atomic mass is 10.1. The molecular weight excluding hydrogens is 334 g/mol. The maximum Gasteiger partial charge on any atom is 0.243 e. The Balaban J connectivity index is 2.21. The molecule has 2 rings (SSSR count). The predicted molar refractivity (Wildman–Crippen MR) is 98.6 cm³/mol. The van der Waals surface area contributed by atoms with E-state index in [1.54, 1.807) is 0 Å². The zero-order valence-corrected chi connectivity index (χ0v) is 15.4. The summed E-state index contributed by atoms with van der Waals surface area (Å²) in [6.45, 7) is 1.48. The van der Waals surface area contributed by atoms with Crippen LogP contribution in [0.5, 0.6) is 0 Å². The van der Waals surface area contributed by atoms with Gasteiger partial charge in [0.15, 0.2) is 0 Å². The van der Waals surface area contributed by atoms with Crippen LogP contribution in [0.3, 0.4) is 0 Å². The maximum atomic E-state index is 13.0.